The van der Waals surface area contributed by atoms with Gasteiger partial charge < -0.3 is 5.11 Å². The first-order chi connectivity index (χ1) is 8.56. The molecular formula is C13H16Cl3NO2. The first kappa shape index (κ1) is 16.6. The number of carboxylic acids is 1. The number of piperidine rings is 1. The third-order valence-corrected chi connectivity index (χ3v) is 4.07. The molecule has 0 radical (unpaired) electrons. The largest absolute Gasteiger partial charge is 0.481 e. The van der Waals surface area contributed by atoms with E-state index in [2.05, 4.69) is 4.90 Å². The minimum atomic E-state index is -0.677. The van der Waals surface area contributed by atoms with Crippen LogP contribution in [0.15, 0.2) is 18.2 Å². The van der Waals surface area contributed by atoms with Crippen molar-refractivity contribution in [3.63, 3.8) is 0 Å². The van der Waals surface area contributed by atoms with E-state index >= 15 is 0 Å². The molecule has 0 atom stereocenters. The minimum absolute atomic E-state index is 0. The Bertz CT molecular complexity index is 446. The van der Waals surface area contributed by atoms with Crippen molar-refractivity contribution in [3.8, 4) is 0 Å². The van der Waals surface area contributed by atoms with E-state index in [0.29, 0.717) is 10.0 Å². The summed E-state index contributed by atoms with van der Waals surface area (Å²) in [6.07, 6.45) is 1.44. The number of hydrogen-bond donors (Lipinski definition) is 1. The molecule has 0 saturated carbocycles. The summed E-state index contributed by atoms with van der Waals surface area (Å²) in [6.45, 7) is 2.43. The van der Waals surface area contributed by atoms with Crippen LogP contribution < -0.4 is 0 Å². The fraction of sp³-hybridized carbons (Fsp3) is 0.462. The van der Waals surface area contributed by atoms with E-state index in [1.165, 1.54) is 0 Å². The highest BCUT2D eigenvalue weighted by Crippen LogP contribution is 2.24. The SMILES string of the molecule is Cl.O=C(O)C1CCN(Cc2ccc(Cl)c(Cl)c2)CC1. The van der Waals surface area contributed by atoms with Gasteiger partial charge in [0.25, 0.3) is 0 Å². The molecule has 1 heterocycles. The fourth-order valence-electron chi connectivity index (χ4n) is 2.23. The van der Waals surface area contributed by atoms with E-state index < -0.39 is 5.97 Å². The molecule has 0 bridgehead atoms. The fourth-order valence-corrected chi connectivity index (χ4v) is 2.55. The van der Waals surface area contributed by atoms with Gasteiger partial charge in [0.05, 0.1) is 16.0 Å². The Labute approximate surface area is 128 Å². The van der Waals surface area contributed by atoms with Crippen LogP contribution in [0.2, 0.25) is 10.0 Å². The Balaban J connectivity index is 0.00000180. The van der Waals surface area contributed by atoms with Crippen molar-refractivity contribution in [2.75, 3.05) is 13.1 Å². The third kappa shape index (κ3) is 4.53. The van der Waals surface area contributed by atoms with Gasteiger partial charge in [-0.1, -0.05) is 29.3 Å². The maximum absolute atomic E-state index is 10.9. The van der Waals surface area contributed by atoms with Crippen molar-refractivity contribution >= 4 is 41.6 Å². The summed E-state index contributed by atoms with van der Waals surface area (Å²) < 4.78 is 0. The molecular weight excluding hydrogens is 309 g/mol. The topological polar surface area (TPSA) is 40.5 Å². The van der Waals surface area contributed by atoms with E-state index in [4.69, 9.17) is 28.3 Å². The molecule has 1 saturated heterocycles. The lowest BCUT2D eigenvalue weighted by Crippen LogP contribution is -2.35. The highest BCUT2D eigenvalue weighted by molar-refractivity contribution is 6.42. The van der Waals surface area contributed by atoms with Gasteiger partial charge in [0.15, 0.2) is 0 Å². The average Bonchev–Trinajstić information content (AvgIpc) is 2.34. The zero-order valence-corrected chi connectivity index (χ0v) is 12.6. The van der Waals surface area contributed by atoms with Crippen molar-refractivity contribution in [1.29, 1.82) is 0 Å². The number of rotatable bonds is 3. The van der Waals surface area contributed by atoms with Crippen LogP contribution in [0.25, 0.3) is 0 Å². The van der Waals surface area contributed by atoms with Crippen molar-refractivity contribution in [2.45, 2.75) is 19.4 Å². The average molecular weight is 325 g/mol. The van der Waals surface area contributed by atoms with Crippen LogP contribution in [-0.4, -0.2) is 29.1 Å². The number of carbonyl (C=O) groups is 1. The van der Waals surface area contributed by atoms with Gasteiger partial charge in [-0.15, -0.1) is 12.4 Å². The maximum Gasteiger partial charge on any atom is 0.306 e. The van der Waals surface area contributed by atoms with E-state index in [1.54, 1.807) is 6.07 Å². The number of benzene rings is 1. The normalized spacial score (nSPS) is 16.9. The second kappa shape index (κ2) is 7.34. The molecule has 2 rings (SSSR count). The number of halogens is 3. The lowest BCUT2D eigenvalue weighted by molar-refractivity contribution is -0.143. The molecule has 6 heteroatoms. The van der Waals surface area contributed by atoms with Crippen LogP contribution in [0.4, 0.5) is 0 Å². The van der Waals surface area contributed by atoms with Gasteiger partial charge in [0.1, 0.15) is 0 Å². The second-order valence-electron chi connectivity index (χ2n) is 4.64. The molecule has 0 amide bonds. The zero-order valence-electron chi connectivity index (χ0n) is 10.3. The summed E-state index contributed by atoms with van der Waals surface area (Å²) in [4.78, 5) is 13.1. The monoisotopic (exact) mass is 323 g/mol. The molecule has 0 aromatic heterocycles. The van der Waals surface area contributed by atoms with Crippen molar-refractivity contribution in [1.82, 2.24) is 4.90 Å². The van der Waals surface area contributed by atoms with Crippen LogP contribution >= 0.6 is 35.6 Å². The van der Waals surface area contributed by atoms with E-state index in [9.17, 15) is 4.79 Å². The molecule has 1 N–H and O–H groups in total. The van der Waals surface area contributed by atoms with Crippen LogP contribution in [0.1, 0.15) is 18.4 Å². The number of nitrogens with zero attached hydrogens (tertiary/aromatic N) is 1. The number of carboxylic acid groups (broad SMARTS) is 1. The van der Waals surface area contributed by atoms with Crippen LogP contribution in [0.5, 0.6) is 0 Å². The van der Waals surface area contributed by atoms with E-state index in [1.807, 2.05) is 12.1 Å². The molecule has 19 heavy (non-hydrogen) atoms. The predicted molar refractivity (Wildman–Crippen MR) is 79.3 cm³/mol. The summed E-state index contributed by atoms with van der Waals surface area (Å²) in [7, 11) is 0. The van der Waals surface area contributed by atoms with E-state index in [0.717, 1.165) is 38.0 Å². The zero-order chi connectivity index (χ0) is 13.1. The van der Waals surface area contributed by atoms with Gasteiger partial charge >= 0.3 is 5.97 Å². The highest BCUT2D eigenvalue weighted by Gasteiger charge is 2.24. The number of likely N-dealkylation sites (tertiary alicyclic amines) is 1. The minimum Gasteiger partial charge on any atom is -0.481 e. The summed E-state index contributed by atoms with van der Waals surface area (Å²) in [5, 5.41) is 10.1. The smallest absolute Gasteiger partial charge is 0.306 e. The summed E-state index contributed by atoms with van der Waals surface area (Å²) in [6, 6.07) is 5.62. The van der Waals surface area contributed by atoms with Crippen molar-refractivity contribution < 1.29 is 9.90 Å². The van der Waals surface area contributed by atoms with Crippen LogP contribution in [-0.2, 0) is 11.3 Å². The van der Waals surface area contributed by atoms with Gasteiger partial charge in [-0.3, -0.25) is 9.69 Å². The first-order valence-electron chi connectivity index (χ1n) is 5.95. The van der Waals surface area contributed by atoms with Gasteiger partial charge in [-0.2, -0.15) is 0 Å². The third-order valence-electron chi connectivity index (χ3n) is 3.33. The van der Waals surface area contributed by atoms with Crippen molar-refractivity contribution in [3.05, 3.63) is 33.8 Å². The lowest BCUT2D eigenvalue weighted by Gasteiger charge is -2.30. The van der Waals surface area contributed by atoms with Gasteiger partial charge in [0.2, 0.25) is 0 Å². The first-order valence-corrected chi connectivity index (χ1v) is 6.71. The van der Waals surface area contributed by atoms with Gasteiger partial charge in [-0.25, -0.2) is 0 Å². The Morgan fingerprint density at radius 1 is 1.26 bits per heavy atom. The molecule has 0 aliphatic carbocycles. The van der Waals surface area contributed by atoms with Crippen molar-refractivity contribution in [2.24, 2.45) is 5.92 Å². The molecule has 1 fully saturated rings. The van der Waals surface area contributed by atoms with Crippen LogP contribution in [0, 0.1) is 5.92 Å². The molecule has 1 aliphatic heterocycles. The van der Waals surface area contributed by atoms with Gasteiger partial charge in [0, 0.05) is 6.54 Å². The molecule has 106 valence electrons. The second-order valence-corrected chi connectivity index (χ2v) is 5.45. The Morgan fingerprint density at radius 3 is 2.42 bits per heavy atom. The highest BCUT2D eigenvalue weighted by atomic mass is 35.5. The standard InChI is InChI=1S/C13H15Cl2NO2.ClH/c14-11-2-1-9(7-12(11)15)8-16-5-3-10(4-6-16)13(17)18;/h1-2,7,10H,3-6,8H2,(H,17,18);1H. The number of hydrogen-bond acceptors (Lipinski definition) is 2. The quantitative estimate of drug-likeness (QED) is 0.921. The number of aliphatic carboxylic acids is 1. The molecule has 0 spiro atoms. The predicted octanol–water partition coefficient (Wildman–Crippen LogP) is 3.71. The van der Waals surface area contributed by atoms with E-state index in [-0.39, 0.29) is 18.3 Å². The molecule has 1 aromatic rings. The summed E-state index contributed by atoms with van der Waals surface area (Å²) >= 11 is 11.8. The van der Waals surface area contributed by atoms with Crippen LogP contribution in [0.3, 0.4) is 0 Å². The molecule has 3 nitrogen and oxygen atoms in total. The summed E-state index contributed by atoms with van der Waals surface area (Å²) in [5.41, 5.74) is 1.11. The lowest BCUT2D eigenvalue weighted by atomic mass is 9.97. The molecule has 1 aromatic carbocycles. The Kier molecular flexibility index (Phi) is 6.40. The Hall–Kier alpha value is -0.480. The molecule has 1 aliphatic rings. The van der Waals surface area contributed by atoms with Gasteiger partial charge in [-0.05, 0) is 43.6 Å². The summed E-state index contributed by atoms with van der Waals surface area (Å²) in [5.74, 6) is -0.862. The Morgan fingerprint density at radius 2 is 1.89 bits per heavy atom. The maximum atomic E-state index is 10.9. The molecule has 0 unspecified atom stereocenters.